The minimum Gasteiger partial charge on any atom is -0.481 e. The Hall–Kier alpha value is -4.06. The summed E-state index contributed by atoms with van der Waals surface area (Å²) in [5, 5.41) is 8.42. The second kappa shape index (κ2) is 10.7. The van der Waals surface area contributed by atoms with Crippen molar-refractivity contribution in [1.82, 2.24) is 15.0 Å². The summed E-state index contributed by atoms with van der Waals surface area (Å²) < 4.78 is 62.2. The van der Waals surface area contributed by atoms with Gasteiger partial charge in [0.15, 0.2) is 12.1 Å². The van der Waals surface area contributed by atoms with Crippen molar-refractivity contribution < 1.29 is 41.7 Å². The van der Waals surface area contributed by atoms with Gasteiger partial charge >= 0.3 is 18.2 Å². The summed E-state index contributed by atoms with van der Waals surface area (Å²) in [6.07, 6.45) is -4.03. The van der Waals surface area contributed by atoms with Crippen LogP contribution in [0.5, 0.6) is 23.4 Å². The highest BCUT2D eigenvalue weighted by Crippen LogP contribution is 2.38. The average molecular weight is 552 g/mol. The number of carboxylic acids is 1. The first-order chi connectivity index (χ1) is 18.0. The number of hydrogen-bond donors (Lipinski definition) is 1. The molecular formula is C25H21ClF3N3O6. The average Bonchev–Trinajstić information content (AvgIpc) is 3.26. The van der Waals surface area contributed by atoms with Gasteiger partial charge in [0.2, 0.25) is 5.89 Å². The fourth-order valence-electron chi connectivity index (χ4n) is 3.57. The molecular weight excluding hydrogens is 531 g/mol. The highest BCUT2D eigenvalue weighted by Gasteiger charge is 2.33. The fraction of sp³-hybridized carbons (Fsp3) is 0.280. The van der Waals surface area contributed by atoms with Crippen LogP contribution in [0.1, 0.15) is 30.0 Å². The third-order valence-electron chi connectivity index (χ3n) is 5.15. The first-order valence-electron chi connectivity index (χ1n) is 11.3. The highest BCUT2D eigenvalue weighted by molar-refractivity contribution is 6.31. The number of benzene rings is 2. The van der Waals surface area contributed by atoms with Crippen molar-refractivity contribution in [1.29, 1.82) is 0 Å². The molecule has 2 aromatic heterocycles. The Balaban J connectivity index is 1.73. The lowest BCUT2D eigenvalue weighted by Crippen LogP contribution is -2.10. The number of carbonyl (C=O) groups is 1. The maximum absolute atomic E-state index is 13.3. The van der Waals surface area contributed by atoms with E-state index in [2.05, 4.69) is 15.0 Å². The molecule has 2 heterocycles. The molecule has 0 atom stereocenters. The molecule has 0 unspecified atom stereocenters. The molecule has 2 aromatic carbocycles. The number of nitrogens with zero attached hydrogens (tertiary/aromatic N) is 3. The third kappa shape index (κ3) is 5.91. The minimum atomic E-state index is -4.68. The van der Waals surface area contributed by atoms with Gasteiger partial charge in [-0.2, -0.15) is 23.1 Å². The van der Waals surface area contributed by atoms with Gasteiger partial charge in [-0.25, -0.2) is 9.78 Å². The molecule has 0 aliphatic carbocycles. The first kappa shape index (κ1) is 27.0. The number of halogens is 4. The van der Waals surface area contributed by atoms with Crippen LogP contribution in [0.2, 0.25) is 5.02 Å². The van der Waals surface area contributed by atoms with E-state index in [1.807, 2.05) is 6.92 Å². The summed E-state index contributed by atoms with van der Waals surface area (Å²) in [6, 6.07) is 6.16. The van der Waals surface area contributed by atoms with E-state index in [9.17, 15) is 18.0 Å². The molecule has 0 spiro atoms. The smallest absolute Gasteiger partial charge is 0.417 e. The normalized spacial score (nSPS) is 11.6. The van der Waals surface area contributed by atoms with Crippen molar-refractivity contribution in [2.75, 3.05) is 13.2 Å². The maximum atomic E-state index is 13.3. The predicted molar refractivity (Wildman–Crippen MR) is 130 cm³/mol. The number of aromatic nitrogens is 3. The standard InChI is InChI=1S/C25H21ClF3N3O6/c1-4-7-35-22-19-23(32-24(31-22)37-15-5-6-17(26)16(10-15)25(27,28)29)38-21(30-19)14-8-12(2)20(13(3)9-14)36-11-18(33)34/h5-6,8-10H,4,7,11H2,1-3H3,(H,33,34). The van der Waals surface area contributed by atoms with Crippen molar-refractivity contribution >= 4 is 28.8 Å². The molecule has 0 saturated carbocycles. The summed E-state index contributed by atoms with van der Waals surface area (Å²) in [5.74, 6) is -0.672. The molecule has 0 aliphatic rings. The second-order valence-electron chi connectivity index (χ2n) is 8.20. The lowest BCUT2D eigenvalue weighted by atomic mass is 10.1. The Kier molecular flexibility index (Phi) is 7.63. The van der Waals surface area contributed by atoms with E-state index in [0.29, 0.717) is 28.9 Å². The van der Waals surface area contributed by atoms with Crippen LogP contribution in [-0.4, -0.2) is 39.2 Å². The van der Waals surface area contributed by atoms with Crippen molar-refractivity contribution in [3.8, 4) is 34.8 Å². The third-order valence-corrected chi connectivity index (χ3v) is 5.48. The topological polar surface area (TPSA) is 117 Å². The van der Waals surface area contributed by atoms with Gasteiger partial charge in [-0.3, -0.25) is 0 Å². The zero-order valence-electron chi connectivity index (χ0n) is 20.4. The lowest BCUT2D eigenvalue weighted by molar-refractivity contribution is -0.139. The number of carboxylic acid groups (broad SMARTS) is 1. The summed E-state index contributed by atoms with van der Waals surface area (Å²) in [7, 11) is 0. The lowest BCUT2D eigenvalue weighted by Gasteiger charge is -2.11. The second-order valence-corrected chi connectivity index (χ2v) is 8.60. The number of alkyl halides is 3. The Bertz CT molecular complexity index is 1480. The Morgan fingerprint density at radius 3 is 2.42 bits per heavy atom. The van der Waals surface area contributed by atoms with Gasteiger partial charge in [0.05, 0.1) is 17.2 Å². The van der Waals surface area contributed by atoms with Gasteiger partial charge in [0.25, 0.3) is 11.6 Å². The van der Waals surface area contributed by atoms with Crippen molar-refractivity contribution in [3.63, 3.8) is 0 Å². The Morgan fingerprint density at radius 2 is 1.79 bits per heavy atom. The van der Waals surface area contributed by atoms with Crippen molar-refractivity contribution in [2.45, 2.75) is 33.4 Å². The van der Waals surface area contributed by atoms with Gasteiger partial charge in [0.1, 0.15) is 11.5 Å². The van der Waals surface area contributed by atoms with E-state index in [0.717, 1.165) is 12.1 Å². The van der Waals surface area contributed by atoms with Crippen LogP contribution in [0.4, 0.5) is 13.2 Å². The van der Waals surface area contributed by atoms with Gasteiger partial charge in [0, 0.05) is 5.56 Å². The monoisotopic (exact) mass is 551 g/mol. The summed E-state index contributed by atoms with van der Waals surface area (Å²) >= 11 is 5.68. The van der Waals surface area contributed by atoms with Crippen LogP contribution in [0.3, 0.4) is 0 Å². The maximum Gasteiger partial charge on any atom is 0.417 e. The molecule has 200 valence electrons. The molecule has 0 aliphatic heterocycles. The number of fused-ring (bicyclic) bond motifs is 1. The van der Waals surface area contributed by atoms with Gasteiger partial charge in [-0.15, -0.1) is 0 Å². The molecule has 13 heteroatoms. The molecule has 9 nitrogen and oxygen atoms in total. The molecule has 0 amide bonds. The Labute approximate surface area is 219 Å². The van der Waals surface area contributed by atoms with Gasteiger partial charge < -0.3 is 23.7 Å². The minimum absolute atomic E-state index is 0.0115. The molecule has 4 aromatic rings. The molecule has 0 radical (unpaired) electrons. The van der Waals surface area contributed by atoms with Gasteiger partial charge in [-0.05, 0) is 61.7 Å². The van der Waals surface area contributed by atoms with Crippen molar-refractivity contribution in [3.05, 3.63) is 52.0 Å². The van der Waals surface area contributed by atoms with E-state index in [1.165, 1.54) is 6.07 Å². The number of hydrogen-bond acceptors (Lipinski definition) is 8. The number of aliphatic carboxylic acids is 1. The van der Waals surface area contributed by atoms with Crippen LogP contribution >= 0.6 is 11.6 Å². The number of rotatable bonds is 9. The first-order valence-corrected chi connectivity index (χ1v) is 11.7. The molecule has 0 fully saturated rings. The highest BCUT2D eigenvalue weighted by atomic mass is 35.5. The van der Waals surface area contributed by atoms with Crippen LogP contribution in [0, 0.1) is 13.8 Å². The summed E-state index contributed by atoms with van der Waals surface area (Å²) in [4.78, 5) is 23.7. The largest absolute Gasteiger partial charge is 0.481 e. The van der Waals surface area contributed by atoms with Crippen LogP contribution in [-0.2, 0) is 11.0 Å². The molecule has 0 bridgehead atoms. The molecule has 1 N–H and O–H groups in total. The quantitative estimate of drug-likeness (QED) is 0.245. The Morgan fingerprint density at radius 1 is 1.08 bits per heavy atom. The van der Waals surface area contributed by atoms with Gasteiger partial charge in [-0.1, -0.05) is 18.5 Å². The molecule has 0 saturated heterocycles. The van der Waals surface area contributed by atoms with E-state index < -0.39 is 29.3 Å². The SMILES string of the molecule is CCCOc1nc(Oc2ccc(Cl)c(C(F)(F)F)c2)nc2oc(-c3cc(C)c(OCC(=O)O)c(C)c3)nc12. The van der Waals surface area contributed by atoms with Crippen LogP contribution in [0.15, 0.2) is 34.7 Å². The zero-order chi connectivity index (χ0) is 27.6. The number of aryl methyl sites for hydroxylation is 2. The molecule has 4 rings (SSSR count). The summed E-state index contributed by atoms with van der Waals surface area (Å²) in [5.41, 5.74) is 0.978. The van der Waals surface area contributed by atoms with E-state index in [-0.39, 0.29) is 41.4 Å². The van der Waals surface area contributed by atoms with E-state index in [1.54, 1.807) is 26.0 Å². The van der Waals surface area contributed by atoms with E-state index in [4.69, 9.17) is 35.3 Å². The zero-order valence-corrected chi connectivity index (χ0v) is 21.1. The van der Waals surface area contributed by atoms with Crippen LogP contribution in [0.25, 0.3) is 22.7 Å². The number of ether oxygens (including phenoxy) is 3. The fourth-order valence-corrected chi connectivity index (χ4v) is 3.80. The number of oxazole rings is 1. The van der Waals surface area contributed by atoms with Crippen molar-refractivity contribution in [2.24, 2.45) is 0 Å². The van der Waals surface area contributed by atoms with Crippen LogP contribution < -0.4 is 14.2 Å². The summed E-state index contributed by atoms with van der Waals surface area (Å²) in [6.45, 7) is 5.17. The predicted octanol–water partition coefficient (Wildman–Crippen LogP) is 6.62. The van der Waals surface area contributed by atoms with E-state index >= 15 is 0 Å². The molecule has 38 heavy (non-hydrogen) atoms.